The molecule has 1 amide bonds. The predicted molar refractivity (Wildman–Crippen MR) is 92.9 cm³/mol. The number of aryl methyl sites for hydroxylation is 1. The summed E-state index contributed by atoms with van der Waals surface area (Å²) in [4.78, 5) is 16.9. The van der Waals surface area contributed by atoms with Gasteiger partial charge in [0.1, 0.15) is 9.88 Å². The number of thiazole rings is 1. The molecule has 0 bridgehead atoms. The molecule has 1 N–H and O–H groups in total. The number of carbonyl (C=O) groups is 1. The molecular formula is C17H13F3N2OS2. The van der Waals surface area contributed by atoms with Gasteiger partial charge >= 0.3 is 6.18 Å². The van der Waals surface area contributed by atoms with Crippen LogP contribution in [-0.4, -0.2) is 17.1 Å². The lowest BCUT2D eigenvalue weighted by Crippen LogP contribution is -2.38. The number of carbonyl (C=O) groups excluding carboxylic acids is 1. The van der Waals surface area contributed by atoms with Crippen LogP contribution in [0.25, 0.3) is 10.6 Å². The molecule has 0 aliphatic carbocycles. The van der Waals surface area contributed by atoms with Crippen molar-refractivity contribution in [3.8, 4) is 10.6 Å². The van der Waals surface area contributed by atoms with E-state index < -0.39 is 18.1 Å². The monoisotopic (exact) mass is 382 g/mol. The largest absolute Gasteiger partial charge is 0.412 e. The molecule has 8 heteroatoms. The van der Waals surface area contributed by atoms with Crippen molar-refractivity contribution in [2.75, 3.05) is 0 Å². The van der Waals surface area contributed by atoms with Gasteiger partial charge in [0.05, 0.1) is 5.69 Å². The predicted octanol–water partition coefficient (Wildman–Crippen LogP) is 5.21. The molecule has 0 saturated carbocycles. The van der Waals surface area contributed by atoms with Gasteiger partial charge in [0, 0.05) is 10.9 Å². The quantitative estimate of drug-likeness (QED) is 0.673. The van der Waals surface area contributed by atoms with Gasteiger partial charge in [0.25, 0.3) is 5.91 Å². The molecule has 0 aliphatic heterocycles. The van der Waals surface area contributed by atoms with E-state index in [1.54, 1.807) is 13.0 Å². The van der Waals surface area contributed by atoms with E-state index in [0.29, 0.717) is 10.7 Å². The number of nitrogens with zero attached hydrogens (tertiary/aromatic N) is 1. The molecule has 1 atom stereocenters. The van der Waals surface area contributed by atoms with Crippen molar-refractivity contribution >= 4 is 28.6 Å². The van der Waals surface area contributed by atoms with Crippen LogP contribution in [0.15, 0.2) is 47.2 Å². The number of alkyl halides is 3. The Morgan fingerprint density at radius 3 is 2.52 bits per heavy atom. The highest BCUT2D eigenvalue weighted by Gasteiger charge is 2.42. The van der Waals surface area contributed by atoms with Crippen LogP contribution in [0.2, 0.25) is 0 Å². The molecule has 130 valence electrons. The summed E-state index contributed by atoms with van der Waals surface area (Å²) in [7, 11) is 0. The average Bonchev–Trinajstić information content (AvgIpc) is 3.21. The first kappa shape index (κ1) is 17.6. The van der Waals surface area contributed by atoms with E-state index in [1.165, 1.54) is 35.6 Å². The van der Waals surface area contributed by atoms with Crippen molar-refractivity contribution < 1.29 is 18.0 Å². The molecule has 2 heterocycles. The first-order valence-corrected chi connectivity index (χ1v) is 9.04. The number of hydrogen-bond donors (Lipinski definition) is 1. The minimum atomic E-state index is -4.59. The third kappa shape index (κ3) is 3.91. The molecule has 1 unspecified atom stereocenters. The van der Waals surface area contributed by atoms with Crippen molar-refractivity contribution in [3.05, 3.63) is 63.3 Å². The summed E-state index contributed by atoms with van der Waals surface area (Å²) < 4.78 is 40.2. The second-order valence-electron chi connectivity index (χ2n) is 5.30. The van der Waals surface area contributed by atoms with Crippen molar-refractivity contribution in [1.82, 2.24) is 10.3 Å². The fourth-order valence-electron chi connectivity index (χ4n) is 2.31. The summed E-state index contributed by atoms with van der Waals surface area (Å²) in [5.74, 6) is -0.775. The minimum Gasteiger partial charge on any atom is -0.336 e. The first-order chi connectivity index (χ1) is 11.9. The number of rotatable bonds is 4. The second kappa shape index (κ2) is 6.97. The number of benzene rings is 1. The van der Waals surface area contributed by atoms with Gasteiger partial charge in [-0.2, -0.15) is 24.5 Å². The summed E-state index contributed by atoms with van der Waals surface area (Å²) in [6.45, 7) is 1.62. The lowest BCUT2D eigenvalue weighted by atomic mass is 10.1. The lowest BCUT2D eigenvalue weighted by Gasteiger charge is -2.21. The van der Waals surface area contributed by atoms with Gasteiger partial charge in [-0.25, -0.2) is 4.98 Å². The number of aromatic nitrogens is 1. The molecule has 3 rings (SSSR count). The molecule has 3 aromatic rings. The number of nitrogens with one attached hydrogen (secondary N) is 1. The summed E-state index contributed by atoms with van der Waals surface area (Å²) in [5.41, 5.74) is 1.26. The van der Waals surface area contributed by atoms with Gasteiger partial charge < -0.3 is 5.32 Å². The summed E-state index contributed by atoms with van der Waals surface area (Å²) >= 11 is 2.58. The van der Waals surface area contributed by atoms with Gasteiger partial charge in [0.15, 0.2) is 6.04 Å². The van der Waals surface area contributed by atoms with Crippen LogP contribution >= 0.6 is 22.7 Å². The number of thiophene rings is 1. The maximum atomic E-state index is 13.4. The van der Waals surface area contributed by atoms with Crippen molar-refractivity contribution in [3.63, 3.8) is 0 Å². The highest BCUT2D eigenvalue weighted by molar-refractivity contribution is 7.17. The Labute approximate surface area is 150 Å². The molecular weight excluding hydrogens is 369 g/mol. The summed E-state index contributed by atoms with van der Waals surface area (Å²) in [5, 5.41) is 6.47. The standard InChI is InChI=1S/C17H13F3N2OS2/c1-10-13(25-16(21-10)12-7-8-24-9-12)15(23)22-14(17(18,19)20)11-5-3-2-4-6-11/h2-9,14H,1H3,(H,22,23). The zero-order valence-corrected chi connectivity index (χ0v) is 14.6. The molecule has 0 spiro atoms. The van der Waals surface area contributed by atoms with E-state index in [2.05, 4.69) is 10.3 Å². The molecule has 0 saturated heterocycles. The number of halogens is 3. The van der Waals surface area contributed by atoms with Gasteiger partial charge in [-0.3, -0.25) is 4.79 Å². The maximum absolute atomic E-state index is 13.4. The Kier molecular flexibility index (Phi) is 4.91. The van der Waals surface area contributed by atoms with Crippen molar-refractivity contribution in [2.45, 2.75) is 19.1 Å². The van der Waals surface area contributed by atoms with Crippen molar-refractivity contribution in [1.29, 1.82) is 0 Å². The van der Waals surface area contributed by atoms with Crippen LogP contribution in [0.5, 0.6) is 0 Å². The van der Waals surface area contributed by atoms with Crippen LogP contribution < -0.4 is 5.32 Å². The molecule has 0 aliphatic rings. The summed E-state index contributed by atoms with van der Waals surface area (Å²) in [6, 6.07) is 7.11. The molecule has 25 heavy (non-hydrogen) atoms. The highest BCUT2D eigenvalue weighted by atomic mass is 32.1. The first-order valence-electron chi connectivity index (χ1n) is 7.29. The summed E-state index contributed by atoms with van der Waals surface area (Å²) in [6.07, 6.45) is -4.59. The number of amides is 1. The van der Waals surface area contributed by atoms with E-state index >= 15 is 0 Å². The topological polar surface area (TPSA) is 42.0 Å². The van der Waals surface area contributed by atoms with E-state index in [0.717, 1.165) is 16.9 Å². The molecule has 0 radical (unpaired) electrons. The molecule has 0 fully saturated rings. The van der Waals surface area contributed by atoms with Crippen molar-refractivity contribution in [2.24, 2.45) is 0 Å². The Balaban J connectivity index is 1.87. The SMILES string of the molecule is Cc1nc(-c2ccsc2)sc1C(=O)NC(c1ccccc1)C(F)(F)F. The van der Waals surface area contributed by atoms with Crippen LogP contribution in [0.1, 0.15) is 27.0 Å². The lowest BCUT2D eigenvalue weighted by molar-refractivity contribution is -0.155. The normalized spacial score (nSPS) is 12.8. The van der Waals surface area contributed by atoms with Crippen LogP contribution in [-0.2, 0) is 0 Å². The zero-order valence-electron chi connectivity index (χ0n) is 13.0. The Morgan fingerprint density at radius 1 is 1.20 bits per heavy atom. The maximum Gasteiger partial charge on any atom is 0.412 e. The third-order valence-electron chi connectivity index (χ3n) is 3.51. The van der Waals surface area contributed by atoms with Gasteiger partial charge in [-0.1, -0.05) is 30.3 Å². The Morgan fingerprint density at radius 2 is 1.92 bits per heavy atom. The van der Waals surface area contributed by atoms with E-state index in [4.69, 9.17) is 0 Å². The van der Waals surface area contributed by atoms with Crippen LogP contribution in [0, 0.1) is 6.92 Å². The van der Waals surface area contributed by atoms with E-state index in [-0.39, 0.29) is 10.4 Å². The molecule has 1 aromatic carbocycles. The second-order valence-corrected chi connectivity index (χ2v) is 7.08. The fourth-order valence-corrected chi connectivity index (χ4v) is 3.99. The van der Waals surface area contributed by atoms with Gasteiger partial charge in [0.2, 0.25) is 0 Å². The zero-order chi connectivity index (χ0) is 18.0. The molecule has 2 aromatic heterocycles. The van der Waals surface area contributed by atoms with Crippen LogP contribution in [0.3, 0.4) is 0 Å². The fraction of sp³-hybridized carbons (Fsp3) is 0.176. The van der Waals surface area contributed by atoms with E-state index in [9.17, 15) is 18.0 Å². The smallest absolute Gasteiger partial charge is 0.336 e. The Hall–Kier alpha value is -2.19. The van der Waals surface area contributed by atoms with Crippen LogP contribution in [0.4, 0.5) is 13.2 Å². The van der Waals surface area contributed by atoms with Gasteiger partial charge in [-0.15, -0.1) is 11.3 Å². The highest BCUT2D eigenvalue weighted by Crippen LogP contribution is 2.34. The molecule has 3 nitrogen and oxygen atoms in total. The van der Waals surface area contributed by atoms with Gasteiger partial charge in [-0.05, 0) is 23.9 Å². The average molecular weight is 382 g/mol. The number of hydrogen-bond acceptors (Lipinski definition) is 4. The Bertz CT molecular complexity index is 858. The third-order valence-corrected chi connectivity index (χ3v) is 5.40. The van der Waals surface area contributed by atoms with E-state index in [1.807, 2.05) is 16.8 Å². The minimum absolute atomic E-state index is 0.0106.